The van der Waals surface area contributed by atoms with Crippen LogP contribution in [0.4, 0.5) is 0 Å². The Morgan fingerprint density at radius 1 is 1.38 bits per heavy atom. The van der Waals surface area contributed by atoms with E-state index in [-0.39, 0.29) is 24.5 Å². The molecule has 0 aliphatic carbocycles. The fraction of sp³-hybridized carbons (Fsp3) is 0.500. The molecule has 114 valence electrons. The van der Waals surface area contributed by atoms with Crippen molar-refractivity contribution in [3.63, 3.8) is 0 Å². The van der Waals surface area contributed by atoms with Crippen LogP contribution in [0.15, 0.2) is 24.3 Å². The van der Waals surface area contributed by atoms with Gasteiger partial charge in [0.1, 0.15) is 11.8 Å². The Hall–Kier alpha value is -2.06. The van der Waals surface area contributed by atoms with E-state index in [4.69, 9.17) is 10.00 Å². The average Bonchev–Trinajstić information content (AvgIpc) is 2.55. The van der Waals surface area contributed by atoms with Crippen LogP contribution in [-0.4, -0.2) is 30.8 Å². The van der Waals surface area contributed by atoms with E-state index in [2.05, 4.69) is 5.32 Å². The Morgan fingerprint density at radius 2 is 2.05 bits per heavy atom. The Balaban J connectivity index is 2.50. The molecule has 0 aliphatic rings. The summed E-state index contributed by atoms with van der Waals surface area (Å²) in [5, 5.41) is 21.2. The summed E-state index contributed by atoms with van der Waals surface area (Å²) in [7, 11) is 0. The molecule has 2 N–H and O–H groups in total. The van der Waals surface area contributed by atoms with Gasteiger partial charge in [-0.25, -0.2) is 0 Å². The number of nitrogens with zero attached hydrogens (tertiary/aromatic N) is 1. The molecular weight excluding hydrogens is 268 g/mol. The first-order valence-corrected chi connectivity index (χ1v) is 7.10. The van der Waals surface area contributed by atoms with Crippen LogP contribution < -0.4 is 10.1 Å². The maximum atomic E-state index is 11.8. The van der Waals surface area contributed by atoms with Gasteiger partial charge in [-0.2, -0.15) is 5.26 Å². The molecule has 1 aromatic carbocycles. The predicted molar refractivity (Wildman–Crippen MR) is 79.8 cm³/mol. The topological polar surface area (TPSA) is 82.3 Å². The van der Waals surface area contributed by atoms with Gasteiger partial charge < -0.3 is 15.2 Å². The molecule has 1 aromatic rings. The Labute approximate surface area is 125 Å². The number of ether oxygens (including phenoxy) is 1. The normalized spacial score (nSPS) is 10.8. The Kier molecular flexibility index (Phi) is 6.70. The molecule has 5 heteroatoms. The average molecular weight is 290 g/mol. The van der Waals surface area contributed by atoms with Crippen LogP contribution in [0.5, 0.6) is 5.75 Å². The number of rotatable bonds is 8. The van der Waals surface area contributed by atoms with Gasteiger partial charge in [0.15, 0.2) is 6.61 Å². The van der Waals surface area contributed by atoms with E-state index in [1.807, 2.05) is 19.9 Å². The number of carbonyl (C=O) groups is 1. The molecule has 0 atom stereocenters. The lowest BCUT2D eigenvalue weighted by Crippen LogP contribution is -2.41. The summed E-state index contributed by atoms with van der Waals surface area (Å²) < 4.78 is 5.36. The van der Waals surface area contributed by atoms with Crippen molar-refractivity contribution in [2.24, 2.45) is 5.41 Å². The number of amides is 1. The first-order chi connectivity index (χ1) is 10.1. The largest absolute Gasteiger partial charge is 0.482 e. The molecule has 0 fully saturated rings. The molecule has 0 aliphatic heterocycles. The van der Waals surface area contributed by atoms with Crippen LogP contribution in [0.2, 0.25) is 0 Å². The van der Waals surface area contributed by atoms with Gasteiger partial charge in [0.2, 0.25) is 0 Å². The fourth-order valence-electron chi connectivity index (χ4n) is 1.94. The van der Waals surface area contributed by atoms with Crippen molar-refractivity contribution in [1.29, 1.82) is 5.26 Å². The maximum absolute atomic E-state index is 11.8. The number of carbonyl (C=O) groups excluding carboxylic acids is 1. The summed E-state index contributed by atoms with van der Waals surface area (Å²) in [6, 6.07) is 8.79. The molecular formula is C16H22N2O3. The number of nitriles is 1. The summed E-state index contributed by atoms with van der Waals surface area (Å²) in [5.74, 6) is 0.136. The Bertz CT molecular complexity index is 496. The van der Waals surface area contributed by atoms with Gasteiger partial charge >= 0.3 is 0 Å². The molecule has 0 heterocycles. The number of hydrogen-bond donors (Lipinski definition) is 2. The van der Waals surface area contributed by atoms with Crippen LogP contribution >= 0.6 is 0 Å². The molecule has 1 amide bonds. The van der Waals surface area contributed by atoms with Gasteiger partial charge in [-0.1, -0.05) is 26.0 Å². The van der Waals surface area contributed by atoms with Gasteiger partial charge in [0.25, 0.3) is 5.91 Å². The van der Waals surface area contributed by atoms with Crippen LogP contribution in [0.3, 0.4) is 0 Å². The second kappa shape index (κ2) is 8.28. The maximum Gasteiger partial charge on any atom is 0.257 e. The molecule has 0 aromatic heterocycles. The van der Waals surface area contributed by atoms with E-state index < -0.39 is 0 Å². The summed E-state index contributed by atoms with van der Waals surface area (Å²) >= 11 is 0. The summed E-state index contributed by atoms with van der Waals surface area (Å²) in [6.07, 6.45) is 1.58. The fourth-order valence-corrected chi connectivity index (χ4v) is 1.94. The van der Waals surface area contributed by atoms with Crippen LogP contribution in [-0.2, 0) is 4.79 Å². The van der Waals surface area contributed by atoms with Crippen molar-refractivity contribution in [2.45, 2.75) is 26.7 Å². The van der Waals surface area contributed by atoms with Crippen molar-refractivity contribution in [3.05, 3.63) is 29.8 Å². The lowest BCUT2D eigenvalue weighted by atomic mass is 9.83. The predicted octanol–water partition coefficient (Wildman–Crippen LogP) is 1.85. The van der Waals surface area contributed by atoms with Gasteiger partial charge in [0, 0.05) is 12.0 Å². The van der Waals surface area contributed by atoms with E-state index in [0.717, 1.165) is 12.8 Å². The van der Waals surface area contributed by atoms with Crippen LogP contribution in [0, 0.1) is 16.7 Å². The van der Waals surface area contributed by atoms with Gasteiger partial charge in [-0.15, -0.1) is 0 Å². The monoisotopic (exact) mass is 290 g/mol. The van der Waals surface area contributed by atoms with Crippen molar-refractivity contribution < 1.29 is 14.6 Å². The molecule has 0 bridgehead atoms. The zero-order chi connectivity index (χ0) is 15.7. The molecule has 0 spiro atoms. The first-order valence-electron chi connectivity index (χ1n) is 7.10. The zero-order valence-corrected chi connectivity index (χ0v) is 12.6. The third-order valence-electron chi connectivity index (χ3n) is 3.86. The highest BCUT2D eigenvalue weighted by Gasteiger charge is 2.25. The standard InChI is InChI=1S/C16H22N2O3/c1-3-16(4-2,12-19)11-18-15(20)10-21-14-8-6-5-7-13(14)9-17/h5-8,19H,3-4,10-12H2,1-2H3,(H,18,20). The van der Waals surface area contributed by atoms with Crippen LogP contribution in [0.25, 0.3) is 0 Å². The zero-order valence-electron chi connectivity index (χ0n) is 12.6. The van der Waals surface area contributed by atoms with E-state index >= 15 is 0 Å². The number of para-hydroxylation sites is 1. The lowest BCUT2D eigenvalue weighted by Gasteiger charge is -2.29. The summed E-state index contributed by atoms with van der Waals surface area (Å²) in [6.45, 7) is 4.29. The molecule has 5 nitrogen and oxygen atoms in total. The molecule has 0 unspecified atom stereocenters. The molecule has 0 radical (unpaired) electrons. The van der Waals surface area contributed by atoms with E-state index in [1.54, 1.807) is 24.3 Å². The smallest absolute Gasteiger partial charge is 0.257 e. The third kappa shape index (κ3) is 4.76. The highest BCUT2D eigenvalue weighted by Crippen LogP contribution is 2.24. The second-order valence-electron chi connectivity index (χ2n) is 5.04. The lowest BCUT2D eigenvalue weighted by molar-refractivity contribution is -0.123. The van der Waals surface area contributed by atoms with Gasteiger partial charge in [0.05, 0.1) is 12.2 Å². The van der Waals surface area contributed by atoms with Gasteiger partial charge in [-0.3, -0.25) is 4.79 Å². The minimum atomic E-state index is -0.278. The molecule has 21 heavy (non-hydrogen) atoms. The number of nitrogens with one attached hydrogen (secondary N) is 1. The summed E-state index contributed by atoms with van der Waals surface area (Å²) in [5.41, 5.74) is 0.123. The quantitative estimate of drug-likeness (QED) is 0.765. The van der Waals surface area contributed by atoms with E-state index in [1.165, 1.54) is 0 Å². The third-order valence-corrected chi connectivity index (χ3v) is 3.86. The highest BCUT2D eigenvalue weighted by atomic mass is 16.5. The number of hydrogen-bond acceptors (Lipinski definition) is 4. The van der Waals surface area contributed by atoms with Crippen molar-refractivity contribution >= 4 is 5.91 Å². The SMILES string of the molecule is CCC(CC)(CO)CNC(=O)COc1ccccc1C#N. The minimum Gasteiger partial charge on any atom is -0.482 e. The van der Waals surface area contributed by atoms with E-state index in [9.17, 15) is 9.90 Å². The van der Waals surface area contributed by atoms with Gasteiger partial charge in [-0.05, 0) is 25.0 Å². The summed E-state index contributed by atoms with van der Waals surface area (Å²) in [4.78, 5) is 11.8. The number of aliphatic hydroxyl groups is 1. The molecule has 0 saturated carbocycles. The Morgan fingerprint density at radius 3 is 2.62 bits per heavy atom. The molecule has 0 saturated heterocycles. The highest BCUT2D eigenvalue weighted by molar-refractivity contribution is 5.77. The van der Waals surface area contributed by atoms with Crippen LogP contribution in [0.1, 0.15) is 32.3 Å². The van der Waals surface area contributed by atoms with Crippen molar-refractivity contribution in [3.8, 4) is 11.8 Å². The van der Waals surface area contributed by atoms with Crippen molar-refractivity contribution in [1.82, 2.24) is 5.32 Å². The van der Waals surface area contributed by atoms with E-state index in [0.29, 0.717) is 17.9 Å². The number of benzene rings is 1. The minimum absolute atomic E-state index is 0.0401. The number of aliphatic hydroxyl groups excluding tert-OH is 1. The molecule has 1 rings (SSSR count). The van der Waals surface area contributed by atoms with Crippen molar-refractivity contribution in [2.75, 3.05) is 19.8 Å². The first kappa shape index (κ1) is 17.0. The second-order valence-corrected chi connectivity index (χ2v) is 5.04.